The zero-order valence-electron chi connectivity index (χ0n) is 12.6. The van der Waals surface area contributed by atoms with E-state index >= 15 is 0 Å². The third kappa shape index (κ3) is 3.56. The summed E-state index contributed by atoms with van der Waals surface area (Å²) in [5.74, 6) is -0.551. The summed E-state index contributed by atoms with van der Waals surface area (Å²) >= 11 is 0. The molecule has 0 aromatic heterocycles. The Morgan fingerprint density at radius 1 is 1.14 bits per heavy atom. The minimum absolute atomic E-state index is 0.0809. The number of carbonyl (C=O) groups excluding carboxylic acids is 1. The molecule has 0 radical (unpaired) electrons. The van der Waals surface area contributed by atoms with Crippen LogP contribution in [-0.4, -0.2) is 30.5 Å². The first-order valence-electron chi connectivity index (χ1n) is 8.47. The lowest BCUT2D eigenvalue weighted by molar-refractivity contribution is -0.750. The average Bonchev–Trinajstić information content (AvgIpc) is 2.48. The molecule has 0 amide bonds. The van der Waals surface area contributed by atoms with Crippen LogP contribution in [0.15, 0.2) is 0 Å². The summed E-state index contributed by atoms with van der Waals surface area (Å²) in [6, 6.07) is 1.02. The van der Waals surface area contributed by atoms with Gasteiger partial charge in [0.1, 0.15) is 0 Å². The Morgan fingerprint density at radius 3 is 2.57 bits per heavy atom. The molecule has 0 spiro atoms. The molecule has 2 saturated carbocycles. The standard InChI is InChI=1S/C15H28N4O2/c16-13-11-3-1-2-4-12(11)18-15(19-13)17-10-7-5-9(6-8-10)14(20)21/h9-13,15,17-19H,1-8,16H2,(H,20,21). The number of nitrogens with one attached hydrogen (secondary N) is 2. The molecule has 6 N–H and O–H groups in total. The molecule has 0 aromatic carbocycles. The molecule has 1 aliphatic heterocycles. The summed E-state index contributed by atoms with van der Waals surface area (Å²) in [5.41, 5.74) is 6.29. The minimum Gasteiger partial charge on any atom is -0.550 e. The topological polar surface area (TPSA) is 107 Å². The highest BCUT2D eigenvalue weighted by molar-refractivity contribution is 5.67. The van der Waals surface area contributed by atoms with Gasteiger partial charge in [-0.25, -0.2) is 5.32 Å². The maximum Gasteiger partial charge on any atom is 0.198 e. The van der Waals surface area contributed by atoms with Crippen molar-refractivity contribution in [3.05, 3.63) is 0 Å². The van der Waals surface area contributed by atoms with Gasteiger partial charge in [-0.15, -0.1) is 0 Å². The molecule has 4 atom stereocenters. The molecule has 0 bridgehead atoms. The minimum atomic E-state index is -0.886. The molecule has 6 nitrogen and oxygen atoms in total. The van der Waals surface area contributed by atoms with Crippen LogP contribution in [-0.2, 0) is 4.79 Å². The van der Waals surface area contributed by atoms with Crippen LogP contribution in [0.2, 0.25) is 0 Å². The molecule has 1 heterocycles. The molecule has 4 unspecified atom stereocenters. The predicted octanol–water partition coefficient (Wildman–Crippen LogP) is -1.82. The molecule has 6 heteroatoms. The Hall–Kier alpha value is -0.690. The first-order chi connectivity index (χ1) is 10.1. The van der Waals surface area contributed by atoms with Gasteiger partial charge in [0.2, 0.25) is 0 Å². The van der Waals surface area contributed by atoms with Crippen LogP contribution in [0.4, 0.5) is 0 Å². The normalized spacial score (nSPS) is 44.0. The highest BCUT2D eigenvalue weighted by Crippen LogP contribution is 2.26. The number of hydrogen-bond donors (Lipinski definition) is 4. The maximum atomic E-state index is 10.9. The van der Waals surface area contributed by atoms with Gasteiger partial charge in [-0.3, -0.25) is 5.32 Å². The van der Waals surface area contributed by atoms with Crippen molar-refractivity contribution >= 4 is 5.97 Å². The van der Waals surface area contributed by atoms with Gasteiger partial charge in [0, 0.05) is 17.9 Å². The van der Waals surface area contributed by atoms with Crippen LogP contribution in [0.5, 0.6) is 0 Å². The Morgan fingerprint density at radius 2 is 1.86 bits per heavy atom. The highest BCUT2D eigenvalue weighted by atomic mass is 16.4. The molecule has 120 valence electrons. The van der Waals surface area contributed by atoms with E-state index in [0.29, 0.717) is 18.0 Å². The Bertz CT molecular complexity index is 371. The third-order valence-corrected chi connectivity index (χ3v) is 5.62. The summed E-state index contributed by atoms with van der Waals surface area (Å²) in [6.45, 7) is 0. The van der Waals surface area contributed by atoms with E-state index in [2.05, 4.69) is 16.0 Å². The highest BCUT2D eigenvalue weighted by Gasteiger charge is 2.40. The van der Waals surface area contributed by atoms with Crippen LogP contribution in [0.25, 0.3) is 0 Å². The summed E-state index contributed by atoms with van der Waals surface area (Å²) in [7, 11) is 0. The fourth-order valence-electron chi connectivity index (χ4n) is 4.36. The van der Waals surface area contributed by atoms with Gasteiger partial charge >= 0.3 is 0 Å². The number of nitrogens with two attached hydrogens (primary N) is 2. The lowest BCUT2D eigenvalue weighted by Crippen LogP contribution is -3.06. The third-order valence-electron chi connectivity index (χ3n) is 5.62. The molecule has 3 rings (SSSR count). The number of carboxylic acids is 1. The van der Waals surface area contributed by atoms with Crippen molar-refractivity contribution < 1.29 is 15.2 Å². The van der Waals surface area contributed by atoms with Gasteiger partial charge in [-0.05, 0) is 50.9 Å². The molecular weight excluding hydrogens is 268 g/mol. The van der Waals surface area contributed by atoms with Crippen molar-refractivity contribution in [2.75, 3.05) is 0 Å². The second kappa shape index (κ2) is 6.60. The number of carbonyl (C=O) groups is 1. The molecule has 21 heavy (non-hydrogen) atoms. The lowest BCUT2D eigenvalue weighted by Gasteiger charge is -2.43. The number of hydrogen-bond acceptors (Lipinski definition) is 5. The summed E-state index contributed by atoms with van der Waals surface area (Å²) in [5, 5.41) is 20.4. The van der Waals surface area contributed by atoms with Gasteiger partial charge in [-0.1, -0.05) is 6.42 Å². The SMILES string of the molecule is NC1NC(NC2CCC(C(=O)[O-])CC2)[NH2+]C2CCCCC12. The van der Waals surface area contributed by atoms with Crippen LogP contribution in [0.1, 0.15) is 51.4 Å². The first kappa shape index (κ1) is 15.2. The van der Waals surface area contributed by atoms with E-state index in [1.165, 1.54) is 25.7 Å². The number of carboxylic acid groups (broad SMARTS) is 1. The molecule has 2 aliphatic carbocycles. The second-order valence-corrected chi connectivity index (χ2v) is 7.01. The van der Waals surface area contributed by atoms with Crippen LogP contribution >= 0.6 is 0 Å². The largest absolute Gasteiger partial charge is 0.550 e. The van der Waals surface area contributed by atoms with E-state index in [1.54, 1.807) is 0 Å². The van der Waals surface area contributed by atoms with E-state index in [-0.39, 0.29) is 18.4 Å². The van der Waals surface area contributed by atoms with E-state index in [9.17, 15) is 9.90 Å². The smallest absolute Gasteiger partial charge is 0.198 e. The van der Waals surface area contributed by atoms with Crippen molar-refractivity contribution in [1.82, 2.24) is 10.6 Å². The van der Waals surface area contributed by atoms with Crippen molar-refractivity contribution in [1.29, 1.82) is 0 Å². The van der Waals surface area contributed by atoms with Gasteiger partial charge in [0.25, 0.3) is 0 Å². The van der Waals surface area contributed by atoms with Gasteiger partial charge in [0.15, 0.2) is 6.29 Å². The van der Waals surface area contributed by atoms with Crippen molar-refractivity contribution in [2.24, 2.45) is 17.6 Å². The second-order valence-electron chi connectivity index (χ2n) is 7.01. The van der Waals surface area contributed by atoms with E-state index in [1.807, 2.05) is 0 Å². The predicted molar refractivity (Wildman–Crippen MR) is 76.5 cm³/mol. The van der Waals surface area contributed by atoms with Crippen LogP contribution < -0.4 is 26.8 Å². The molecule has 1 saturated heterocycles. The average molecular weight is 296 g/mol. The maximum absolute atomic E-state index is 10.9. The Kier molecular flexibility index (Phi) is 4.78. The van der Waals surface area contributed by atoms with Crippen molar-refractivity contribution in [3.8, 4) is 0 Å². The summed E-state index contributed by atoms with van der Waals surface area (Å²) < 4.78 is 0. The first-order valence-corrected chi connectivity index (χ1v) is 8.47. The number of aliphatic carboxylic acids is 1. The van der Waals surface area contributed by atoms with E-state index in [4.69, 9.17) is 5.73 Å². The molecule has 3 aliphatic rings. The zero-order chi connectivity index (χ0) is 14.8. The Labute approximate surface area is 126 Å². The fraction of sp³-hybridized carbons (Fsp3) is 0.933. The monoisotopic (exact) mass is 296 g/mol. The lowest BCUT2D eigenvalue weighted by atomic mass is 9.81. The van der Waals surface area contributed by atoms with Crippen LogP contribution in [0.3, 0.4) is 0 Å². The molecule has 0 aromatic rings. The number of fused-ring (bicyclic) bond motifs is 1. The zero-order valence-corrected chi connectivity index (χ0v) is 12.6. The van der Waals surface area contributed by atoms with E-state index in [0.717, 1.165) is 25.7 Å². The van der Waals surface area contributed by atoms with E-state index < -0.39 is 5.97 Å². The number of rotatable bonds is 3. The summed E-state index contributed by atoms with van der Waals surface area (Å²) in [4.78, 5) is 10.9. The quantitative estimate of drug-likeness (QED) is 0.490. The molecule has 3 fully saturated rings. The number of quaternary nitrogens is 1. The Balaban J connectivity index is 1.48. The fourth-order valence-corrected chi connectivity index (χ4v) is 4.36. The van der Waals surface area contributed by atoms with Crippen LogP contribution in [0, 0.1) is 11.8 Å². The van der Waals surface area contributed by atoms with Crippen molar-refractivity contribution in [2.45, 2.75) is 75.9 Å². The van der Waals surface area contributed by atoms with Crippen molar-refractivity contribution in [3.63, 3.8) is 0 Å². The van der Waals surface area contributed by atoms with Gasteiger partial charge in [0.05, 0.1) is 12.2 Å². The van der Waals surface area contributed by atoms with Gasteiger partial charge in [-0.2, -0.15) is 0 Å². The summed E-state index contributed by atoms with van der Waals surface area (Å²) in [6.07, 6.45) is 8.64. The molecular formula is C15H28N4O2. The van der Waals surface area contributed by atoms with Gasteiger partial charge < -0.3 is 21.0 Å².